The Morgan fingerprint density at radius 3 is 2.46 bits per heavy atom. The molecule has 2 heterocycles. The molecule has 1 fully saturated rings. The number of nitrogens with zero attached hydrogens (tertiary/aromatic N) is 4. The lowest BCUT2D eigenvalue weighted by atomic mass is 10.0. The van der Waals surface area contributed by atoms with E-state index in [1.165, 1.54) is 6.92 Å². The third-order valence-electron chi connectivity index (χ3n) is 5.96. The Labute approximate surface area is 205 Å². The van der Waals surface area contributed by atoms with Crippen molar-refractivity contribution in [3.05, 3.63) is 72.3 Å². The number of carbonyl (C=O) groups is 2. The van der Waals surface area contributed by atoms with Gasteiger partial charge in [-0.1, -0.05) is 24.3 Å². The number of hydrogen-bond donors (Lipinski definition) is 1. The molecule has 1 saturated heterocycles. The van der Waals surface area contributed by atoms with Crippen LogP contribution in [0.5, 0.6) is 11.5 Å². The average Bonchev–Trinajstić information content (AvgIpc) is 3.45. The van der Waals surface area contributed by atoms with Crippen LogP contribution < -0.4 is 10.5 Å². The maximum Gasteiger partial charge on any atom is 0.246 e. The van der Waals surface area contributed by atoms with Gasteiger partial charge in [-0.15, -0.1) is 0 Å². The number of anilines is 1. The monoisotopic (exact) mass is 473 g/mol. The van der Waals surface area contributed by atoms with Crippen molar-refractivity contribution in [1.29, 1.82) is 0 Å². The summed E-state index contributed by atoms with van der Waals surface area (Å²) in [4.78, 5) is 28.8. The van der Waals surface area contributed by atoms with Crippen LogP contribution in [-0.2, 0) is 4.79 Å². The van der Waals surface area contributed by atoms with Crippen molar-refractivity contribution < 1.29 is 14.3 Å². The molecule has 0 saturated carbocycles. The molecule has 1 aromatic heterocycles. The molecule has 8 heteroatoms. The minimum atomic E-state index is -0.147. The zero-order valence-corrected chi connectivity index (χ0v) is 20.3. The second-order valence-corrected chi connectivity index (χ2v) is 8.94. The number of likely N-dealkylation sites (N-methyl/N-ethyl adjacent to an activating group) is 1. The van der Waals surface area contributed by atoms with Crippen LogP contribution in [0.1, 0.15) is 29.7 Å². The molecule has 182 valence electrons. The van der Waals surface area contributed by atoms with Crippen LogP contribution in [0, 0.1) is 0 Å². The number of ketones is 1. The first-order valence-electron chi connectivity index (χ1n) is 11.7. The lowest BCUT2D eigenvalue weighted by Gasteiger charge is -2.16. The van der Waals surface area contributed by atoms with Crippen LogP contribution in [0.15, 0.2) is 66.7 Å². The lowest BCUT2D eigenvalue weighted by Crippen LogP contribution is -2.28. The maximum absolute atomic E-state index is 12.5. The highest BCUT2D eigenvalue weighted by molar-refractivity contribution is 6.04. The molecule has 0 aliphatic carbocycles. The van der Waals surface area contributed by atoms with Crippen molar-refractivity contribution in [2.45, 2.75) is 19.4 Å². The van der Waals surface area contributed by atoms with E-state index in [1.54, 1.807) is 15.7 Å². The van der Waals surface area contributed by atoms with Gasteiger partial charge < -0.3 is 20.3 Å². The average molecular weight is 474 g/mol. The van der Waals surface area contributed by atoms with Crippen molar-refractivity contribution in [3.63, 3.8) is 0 Å². The van der Waals surface area contributed by atoms with Gasteiger partial charge in [0.2, 0.25) is 5.91 Å². The van der Waals surface area contributed by atoms with Crippen molar-refractivity contribution in [1.82, 2.24) is 19.6 Å². The van der Waals surface area contributed by atoms with E-state index >= 15 is 0 Å². The second-order valence-electron chi connectivity index (χ2n) is 8.94. The Bertz CT molecular complexity index is 1220. The van der Waals surface area contributed by atoms with Crippen LogP contribution in [0.25, 0.3) is 11.3 Å². The number of rotatable bonds is 8. The zero-order chi connectivity index (χ0) is 24.9. The van der Waals surface area contributed by atoms with Gasteiger partial charge in [0.25, 0.3) is 0 Å². The highest BCUT2D eigenvalue weighted by atomic mass is 16.5. The van der Waals surface area contributed by atoms with E-state index < -0.39 is 0 Å². The van der Waals surface area contributed by atoms with Crippen molar-refractivity contribution in [2.24, 2.45) is 0 Å². The number of nitrogen functional groups attached to an aromatic ring is 1. The molecule has 0 bridgehead atoms. The second kappa shape index (κ2) is 10.6. The summed E-state index contributed by atoms with van der Waals surface area (Å²) in [7, 11) is 3.91. The number of carbonyl (C=O) groups excluding carboxylic acids is 2. The number of hydrogen-bond acceptors (Lipinski definition) is 6. The van der Waals surface area contributed by atoms with Gasteiger partial charge in [0.15, 0.2) is 5.78 Å². The zero-order valence-electron chi connectivity index (χ0n) is 20.3. The van der Waals surface area contributed by atoms with Crippen molar-refractivity contribution >= 4 is 17.5 Å². The van der Waals surface area contributed by atoms with E-state index in [0.29, 0.717) is 42.5 Å². The molecular formula is C27H31N5O3. The van der Waals surface area contributed by atoms with E-state index in [1.807, 2.05) is 79.7 Å². The number of nitrogens with two attached hydrogens (primary N) is 1. The minimum Gasteiger partial charge on any atom is -0.457 e. The number of ether oxygens (including phenoxy) is 1. The van der Waals surface area contributed by atoms with Crippen LogP contribution in [0.2, 0.25) is 0 Å². The molecule has 0 radical (unpaired) electrons. The van der Waals surface area contributed by atoms with Gasteiger partial charge in [-0.3, -0.25) is 9.59 Å². The minimum absolute atomic E-state index is 0.0268. The quantitative estimate of drug-likeness (QED) is 0.392. The number of likely N-dealkylation sites (tertiary alicyclic amines) is 1. The van der Waals surface area contributed by atoms with Gasteiger partial charge in [-0.05, 0) is 63.8 Å². The van der Waals surface area contributed by atoms with E-state index in [-0.39, 0.29) is 17.7 Å². The summed E-state index contributed by atoms with van der Waals surface area (Å²) in [6.45, 7) is 3.31. The summed E-state index contributed by atoms with van der Waals surface area (Å²) in [5, 5.41) is 4.74. The number of aromatic nitrogens is 2. The third-order valence-corrected chi connectivity index (χ3v) is 5.96. The van der Waals surface area contributed by atoms with Crippen molar-refractivity contribution in [3.8, 4) is 22.8 Å². The lowest BCUT2D eigenvalue weighted by molar-refractivity contribution is -0.125. The Kier molecular flexibility index (Phi) is 7.31. The number of para-hydroxylation sites is 1. The molecule has 2 N–H and O–H groups in total. The van der Waals surface area contributed by atoms with E-state index in [2.05, 4.69) is 0 Å². The van der Waals surface area contributed by atoms with E-state index in [4.69, 9.17) is 15.6 Å². The summed E-state index contributed by atoms with van der Waals surface area (Å²) in [6, 6.07) is 16.9. The molecule has 4 rings (SSSR count). The van der Waals surface area contributed by atoms with Gasteiger partial charge in [0.05, 0.1) is 11.6 Å². The SMILES string of the molecule is CC(=O)c1c(-c2ccc(Oc3ccccc3)cc2)nn([C@@H]2CCN(C(=O)/C=C/CN(C)C)C2)c1N. The number of benzene rings is 2. The van der Waals surface area contributed by atoms with E-state index in [9.17, 15) is 9.59 Å². The highest BCUT2D eigenvalue weighted by Crippen LogP contribution is 2.34. The Morgan fingerprint density at radius 1 is 1.11 bits per heavy atom. The van der Waals surface area contributed by atoms with Crippen LogP contribution in [-0.4, -0.2) is 65.0 Å². The molecule has 1 amide bonds. The fourth-order valence-corrected chi connectivity index (χ4v) is 4.19. The molecule has 0 spiro atoms. The standard InChI is InChI=1S/C27H31N5O3/c1-19(33)25-26(20-11-13-23(14-12-20)35-22-8-5-4-6-9-22)29-32(27(25)28)21-15-17-31(18-21)24(34)10-7-16-30(2)3/h4-14,21H,15-18,28H2,1-3H3/b10-7+/t21-/m1/s1. The molecule has 1 aliphatic rings. The molecule has 0 unspecified atom stereocenters. The third kappa shape index (κ3) is 5.60. The topological polar surface area (TPSA) is 93.7 Å². The van der Waals surface area contributed by atoms with Gasteiger partial charge >= 0.3 is 0 Å². The first-order chi connectivity index (χ1) is 16.8. The first kappa shape index (κ1) is 24.2. The summed E-state index contributed by atoms with van der Waals surface area (Å²) in [5.41, 5.74) is 8.14. The van der Waals surface area contributed by atoms with Crippen LogP contribution in [0.3, 0.4) is 0 Å². The first-order valence-corrected chi connectivity index (χ1v) is 11.7. The fraction of sp³-hybridized carbons (Fsp3) is 0.296. The highest BCUT2D eigenvalue weighted by Gasteiger charge is 2.31. The Hall–Kier alpha value is -3.91. The van der Waals surface area contributed by atoms with Gasteiger partial charge in [-0.2, -0.15) is 5.10 Å². The molecular weight excluding hydrogens is 442 g/mol. The molecule has 1 aliphatic heterocycles. The predicted octanol–water partition coefficient (Wildman–Crippen LogP) is 4.02. The largest absolute Gasteiger partial charge is 0.457 e. The molecule has 8 nitrogen and oxygen atoms in total. The summed E-state index contributed by atoms with van der Waals surface area (Å²) in [5.74, 6) is 1.59. The normalized spacial score (nSPS) is 15.8. The van der Waals surface area contributed by atoms with E-state index in [0.717, 1.165) is 17.7 Å². The number of amides is 1. The number of Topliss-reactive ketones (excluding diaryl/α,β-unsaturated/α-hetero) is 1. The van der Waals surface area contributed by atoms with Gasteiger partial charge in [0, 0.05) is 31.3 Å². The smallest absolute Gasteiger partial charge is 0.246 e. The molecule has 3 aromatic rings. The summed E-state index contributed by atoms with van der Waals surface area (Å²) >= 11 is 0. The summed E-state index contributed by atoms with van der Waals surface area (Å²) in [6.07, 6.45) is 4.19. The summed E-state index contributed by atoms with van der Waals surface area (Å²) < 4.78 is 7.58. The van der Waals surface area contributed by atoms with Gasteiger partial charge in [-0.25, -0.2) is 4.68 Å². The Balaban J connectivity index is 1.53. The molecule has 2 aromatic carbocycles. The van der Waals surface area contributed by atoms with Crippen LogP contribution >= 0.6 is 0 Å². The fourth-order valence-electron chi connectivity index (χ4n) is 4.19. The maximum atomic E-state index is 12.5. The molecule has 1 atom stereocenters. The van der Waals surface area contributed by atoms with Gasteiger partial charge in [0.1, 0.15) is 23.0 Å². The van der Waals surface area contributed by atoms with Crippen LogP contribution in [0.4, 0.5) is 5.82 Å². The molecule has 35 heavy (non-hydrogen) atoms. The Morgan fingerprint density at radius 2 is 1.80 bits per heavy atom. The predicted molar refractivity (Wildman–Crippen MR) is 137 cm³/mol. The van der Waals surface area contributed by atoms with Crippen molar-refractivity contribution in [2.75, 3.05) is 39.5 Å².